The summed E-state index contributed by atoms with van der Waals surface area (Å²) in [5, 5.41) is 0. The average Bonchev–Trinajstić information content (AvgIpc) is 2.51. The first-order valence-corrected chi connectivity index (χ1v) is 6.82. The van der Waals surface area contributed by atoms with Crippen LogP contribution >= 0.6 is 8.07 Å². The monoisotopic (exact) mass is 237 g/mol. The summed E-state index contributed by atoms with van der Waals surface area (Å²) in [6.45, 7) is 3.85. The maximum atomic E-state index is 11.8. The minimum absolute atomic E-state index is 0.107. The van der Waals surface area contributed by atoms with Crippen LogP contribution in [-0.4, -0.2) is 36.8 Å². The second-order valence-electron chi connectivity index (χ2n) is 3.51. The van der Waals surface area contributed by atoms with E-state index in [0.29, 0.717) is 12.1 Å². The van der Waals surface area contributed by atoms with Gasteiger partial charge in [0.2, 0.25) is 5.91 Å². The molecule has 2 atom stereocenters. The normalized spacial score (nSPS) is 20.2. The molecule has 2 N–H and O–H groups in total. The standard InChI is InChI=1S/C11H16N3OP/c1-4-10(12)11(15)14(2)9-6-5-7-16(3)13-8-9/h6,8,10H,4,12H2,1-3H3. The summed E-state index contributed by atoms with van der Waals surface area (Å²) < 4.78 is 4.26. The second kappa shape index (κ2) is 5.79. The molecule has 1 amide bonds. The van der Waals surface area contributed by atoms with E-state index in [-0.39, 0.29) is 5.91 Å². The Morgan fingerprint density at radius 1 is 1.75 bits per heavy atom. The summed E-state index contributed by atoms with van der Waals surface area (Å²) in [5.74, 6) is 2.79. The maximum Gasteiger partial charge on any atom is 0.243 e. The molecule has 2 unspecified atom stereocenters. The number of hydrogen-bond donors (Lipinski definition) is 1. The molecule has 86 valence electrons. The predicted molar refractivity (Wildman–Crippen MR) is 68.2 cm³/mol. The molecule has 16 heavy (non-hydrogen) atoms. The summed E-state index contributed by atoms with van der Waals surface area (Å²) >= 11 is 0. The lowest BCUT2D eigenvalue weighted by molar-refractivity contribution is -0.129. The van der Waals surface area contributed by atoms with Crippen molar-refractivity contribution < 1.29 is 4.79 Å². The SMILES string of the molecule is CCC(N)C(=O)N(C)C1=CC#CP(C)N=C1. The van der Waals surface area contributed by atoms with Gasteiger partial charge in [-0.2, -0.15) is 0 Å². The molecule has 0 aromatic carbocycles. The Kier molecular flexibility index (Phi) is 4.67. The fourth-order valence-corrected chi connectivity index (χ4v) is 1.75. The molecule has 0 aromatic heterocycles. The number of carbonyl (C=O) groups is 1. The highest BCUT2D eigenvalue weighted by Gasteiger charge is 2.18. The first-order valence-electron chi connectivity index (χ1n) is 5.08. The van der Waals surface area contributed by atoms with Crippen LogP contribution in [0.1, 0.15) is 13.3 Å². The van der Waals surface area contributed by atoms with Gasteiger partial charge in [0.25, 0.3) is 0 Å². The summed E-state index contributed by atoms with van der Waals surface area (Å²) in [6.07, 6.45) is 4.01. The van der Waals surface area contributed by atoms with Gasteiger partial charge in [0.1, 0.15) is 0 Å². The van der Waals surface area contributed by atoms with Gasteiger partial charge in [0, 0.05) is 13.1 Å². The van der Waals surface area contributed by atoms with Gasteiger partial charge in [-0.05, 0) is 18.7 Å². The minimum Gasteiger partial charge on any atom is -0.320 e. The number of allylic oxidation sites excluding steroid dienone is 2. The molecule has 0 saturated carbocycles. The highest BCUT2D eigenvalue weighted by Crippen LogP contribution is 2.30. The van der Waals surface area contributed by atoms with Crippen LogP contribution in [0.5, 0.6) is 0 Å². The third kappa shape index (κ3) is 3.16. The van der Waals surface area contributed by atoms with Crippen LogP contribution in [0.25, 0.3) is 0 Å². The van der Waals surface area contributed by atoms with Gasteiger partial charge < -0.3 is 10.6 Å². The van der Waals surface area contributed by atoms with Crippen molar-refractivity contribution in [3.63, 3.8) is 0 Å². The van der Waals surface area contributed by atoms with Crippen molar-refractivity contribution in [3.8, 4) is 11.6 Å². The molecule has 1 aliphatic heterocycles. The van der Waals surface area contributed by atoms with Crippen LogP contribution in [0.4, 0.5) is 0 Å². The Morgan fingerprint density at radius 2 is 2.44 bits per heavy atom. The Bertz CT molecular complexity index is 392. The lowest BCUT2D eigenvalue weighted by atomic mass is 10.2. The van der Waals surface area contributed by atoms with Gasteiger partial charge in [0.15, 0.2) is 0 Å². The zero-order valence-corrected chi connectivity index (χ0v) is 10.7. The van der Waals surface area contributed by atoms with Crippen LogP contribution in [0.15, 0.2) is 16.5 Å². The molecule has 0 saturated heterocycles. The van der Waals surface area contributed by atoms with Crippen molar-refractivity contribution in [2.75, 3.05) is 13.7 Å². The van der Waals surface area contributed by atoms with E-state index in [0.717, 1.165) is 0 Å². The van der Waals surface area contributed by atoms with Crippen molar-refractivity contribution >= 4 is 20.2 Å². The topological polar surface area (TPSA) is 58.7 Å². The molecular weight excluding hydrogens is 221 g/mol. The van der Waals surface area contributed by atoms with Gasteiger partial charge in [-0.1, -0.05) is 12.8 Å². The molecule has 5 heteroatoms. The zero-order chi connectivity index (χ0) is 12.1. The number of likely N-dealkylation sites (N-methyl/N-ethyl adjacent to an activating group) is 1. The zero-order valence-electron chi connectivity index (χ0n) is 9.77. The Hall–Kier alpha value is -1.17. The van der Waals surface area contributed by atoms with E-state index in [9.17, 15) is 4.79 Å². The number of amides is 1. The van der Waals surface area contributed by atoms with E-state index in [1.54, 1.807) is 19.3 Å². The number of carbonyl (C=O) groups excluding carboxylic acids is 1. The quantitative estimate of drug-likeness (QED) is 0.591. The summed E-state index contributed by atoms with van der Waals surface area (Å²) in [4.78, 5) is 13.3. The summed E-state index contributed by atoms with van der Waals surface area (Å²) in [6, 6.07) is -0.460. The molecule has 0 radical (unpaired) electrons. The molecule has 4 nitrogen and oxygen atoms in total. The first kappa shape index (κ1) is 12.9. The fraction of sp³-hybridized carbons (Fsp3) is 0.455. The van der Waals surface area contributed by atoms with Crippen molar-refractivity contribution in [1.29, 1.82) is 0 Å². The molecule has 0 spiro atoms. The van der Waals surface area contributed by atoms with Crippen LogP contribution in [0.3, 0.4) is 0 Å². The van der Waals surface area contributed by atoms with Gasteiger partial charge in [-0.15, -0.1) is 0 Å². The van der Waals surface area contributed by atoms with Gasteiger partial charge >= 0.3 is 0 Å². The third-order valence-electron chi connectivity index (χ3n) is 2.28. The number of hydrogen-bond acceptors (Lipinski definition) is 3. The lowest BCUT2D eigenvalue weighted by Gasteiger charge is -2.20. The number of nitrogens with zero attached hydrogens (tertiary/aromatic N) is 2. The second-order valence-corrected chi connectivity index (χ2v) is 5.01. The highest BCUT2D eigenvalue weighted by molar-refractivity contribution is 7.60. The van der Waals surface area contributed by atoms with Crippen molar-refractivity contribution in [2.45, 2.75) is 19.4 Å². The lowest BCUT2D eigenvalue weighted by Crippen LogP contribution is -2.41. The fourth-order valence-electron chi connectivity index (χ4n) is 1.15. The van der Waals surface area contributed by atoms with Crippen LogP contribution < -0.4 is 5.73 Å². The maximum absolute atomic E-state index is 11.8. The Morgan fingerprint density at radius 3 is 3.06 bits per heavy atom. The number of nitrogens with two attached hydrogens (primary N) is 1. The average molecular weight is 237 g/mol. The van der Waals surface area contributed by atoms with E-state index >= 15 is 0 Å². The van der Waals surface area contributed by atoms with Gasteiger partial charge in [0.05, 0.1) is 26.0 Å². The molecule has 0 bridgehead atoms. The highest BCUT2D eigenvalue weighted by atomic mass is 31.1. The van der Waals surface area contributed by atoms with E-state index in [1.165, 1.54) is 4.90 Å². The van der Waals surface area contributed by atoms with Crippen LogP contribution in [0.2, 0.25) is 0 Å². The number of rotatable bonds is 3. The molecule has 1 aliphatic rings. The van der Waals surface area contributed by atoms with Crippen molar-refractivity contribution in [3.05, 3.63) is 11.8 Å². The van der Waals surface area contributed by atoms with Crippen molar-refractivity contribution in [2.24, 2.45) is 10.5 Å². The predicted octanol–water partition coefficient (Wildman–Crippen LogP) is 1.14. The smallest absolute Gasteiger partial charge is 0.243 e. The van der Waals surface area contributed by atoms with Crippen molar-refractivity contribution in [1.82, 2.24) is 4.90 Å². The third-order valence-corrected chi connectivity index (χ3v) is 3.20. The Labute approximate surface area is 97.4 Å². The van der Waals surface area contributed by atoms with Gasteiger partial charge in [-0.3, -0.25) is 9.56 Å². The largest absolute Gasteiger partial charge is 0.320 e. The Balaban J connectivity index is 2.80. The van der Waals surface area contributed by atoms with E-state index in [1.807, 2.05) is 13.6 Å². The molecule has 1 rings (SSSR count). The summed E-state index contributed by atoms with van der Waals surface area (Å²) in [5.41, 5.74) is 9.38. The molecule has 0 aromatic rings. The molecular formula is C11H16N3OP. The first-order chi connectivity index (χ1) is 7.56. The molecule has 0 fully saturated rings. The van der Waals surface area contributed by atoms with E-state index in [4.69, 9.17) is 5.73 Å². The minimum atomic E-state index is -0.621. The van der Waals surface area contributed by atoms with E-state index in [2.05, 4.69) is 16.3 Å². The molecule has 1 heterocycles. The van der Waals surface area contributed by atoms with Crippen LogP contribution in [-0.2, 0) is 4.79 Å². The summed E-state index contributed by atoms with van der Waals surface area (Å²) in [7, 11) is 1.07. The van der Waals surface area contributed by atoms with Crippen LogP contribution in [0, 0.1) is 11.6 Å². The molecule has 0 aliphatic carbocycles. The van der Waals surface area contributed by atoms with Gasteiger partial charge in [-0.25, -0.2) is 0 Å². The van der Waals surface area contributed by atoms with E-state index < -0.39 is 14.1 Å².